The van der Waals surface area contributed by atoms with Crippen LogP contribution < -0.4 is 10.5 Å². The normalized spacial score (nSPS) is 13.8. The van der Waals surface area contributed by atoms with Crippen LogP contribution in [0.4, 0.5) is 5.69 Å². The van der Waals surface area contributed by atoms with Gasteiger partial charge in [0.15, 0.2) is 0 Å². The number of anilines is 1. The van der Waals surface area contributed by atoms with E-state index in [0.29, 0.717) is 0 Å². The first-order valence-corrected chi connectivity index (χ1v) is 7.41. The third-order valence-electron chi connectivity index (χ3n) is 3.98. The summed E-state index contributed by atoms with van der Waals surface area (Å²) in [6.45, 7) is 0.723. The fourth-order valence-corrected chi connectivity index (χ4v) is 2.84. The van der Waals surface area contributed by atoms with Gasteiger partial charge in [0.1, 0.15) is 5.75 Å². The maximum Gasteiger partial charge on any atom is 0.122 e. The highest BCUT2D eigenvalue weighted by atomic mass is 16.5. The van der Waals surface area contributed by atoms with Crippen LogP contribution in [0.25, 0.3) is 0 Å². The summed E-state index contributed by atoms with van der Waals surface area (Å²) >= 11 is 0. The molecule has 1 aliphatic rings. The predicted octanol–water partition coefficient (Wildman–Crippen LogP) is 3.77. The third kappa shape index (κ3) is 2.96. The number of fused-ring (bicyclic) bond motifs is 1. The number of benzene rings is 2. The number of nitrogens with two attached hydrogens (primary N) is 1. The van der Waals surface area contributed by atoms with E-state index in [1.54, 1.807) is 0 Å². The molecule has 2 aromatic carbocycles. The summed E-state index contributed by atoms with van der Waals surface area (Å²) in [7, 11) is 0. The molecule has 0 aromatic heterocycles. The van der Waals surface area contributed by atoms with E-state index in [1.807, 2.05) is 12.1 Å². The van der Waals surface area contributed by atoms with Crippen LogP contribution in [0.1, 0.15) is 29.5 Å². The highest BCUT2D eigenvalue weighted by Crippen LogP contribution is 2.29. The van der Waals surface area contributed by atoms with Crippen molar-refractivity contribution in [3.05, 3.63) is 59.2 Å². The zero-order chi connectivity index (χ0) is 13.8. The molecule has 0 spiro atoms. The predicted molar refractivity (Wildman–Crippen MR) is 83.1 cm³/mol. The monoisotopic (exact) mass is 267 g/mol. The second kappa shape index (κ2) is 6.00. The van der Waals surface area contributed by atoms with Gasteiger partial charge in [0.2, 0.25) is 0 Å². The molecule has 104 valence electrons. The van der Waals surface area contributed by atoms with E-state index in [4.69, 9.17) is 10.5 Å². The van der Waals surface area contributed by atoms with Gasteiger partial charge in [-0.2, -0.15) is 0 Å². The number of ether oxygens (including phenoxy) is 1. The molecule has 0 atom stereocenters. The summed E-state index contributed by atoms with van der Waals surface area (Å²) in [4.78, 5) is 0. The van der Waals surface area contributed by atoms with Gasteiger partial charge in [0.05, 0.1) is 6.61 Å². The average molecular weight is 267 g/mol. The van der Waals surface area contributed by atoms with E-state index in [-0.39, 0.29) is 0 Å². The van der Waals surface area contributed by atoms with Gasteiger partial charge in [-0.1, -0.05) is 24.3 Å². The lowest BCUT2D eigenvalue weighted by Crippen LogP contribution is -2.08. The minimum Gasteiger partial charge on any atom is -0.493 e. The molecule has 3 rings (SSSR count). The van der Waals surface area contributed by atoms with Crippen LogP contribution in [0, 0.1) is 0 Å². The molecule has 2 aromatic rings. The summed E-state index contributed by atoms with van der Waals surface area (Å²) in [6.07, 6.45) is 5.87. The zero-order valence-electron chi connectivity index (χ0n) is 11.8. The Kier molecular flexibility index (Phi) is 3.91. The van der Waals surface area contributed by atoms with E-state index in [1.165, 1.54) is 36.0 Å². The van der Waals surface area contributed by atoms with Crippen LogP contribution in [0.2, 0.25) is 0 Å². The molecule has 0 fully saturated rings. The summed E-state index contributed by atoms with van der Waals surface area (Å²) in [6, 6.07) is 14.5. The first-order valence-electron chi connectivity index (χ1n) is 7.41. The molecule has 0 aliphatic heterocycles. The SMILES string of the molecule is Nc1ccc(CCOc2cccc3c2CCCC3)cc1. The quantitative estimate of drug-likeness (QED) is 0.856. The molecule has 0 heterocycles. The first kappa shape index (κ1) is 13.0. The van der Waals surface area contributed by atoms with Gasteiger partial charge < -0.3 is 10.5 Å². The average Bonchev–Trinajstić information content (AvgIpc) is 2.49. The number of hydrogen-bond donors (Lipinski definition) is 1. The molecule has 0 unspecified atom stereocenters. The number of rotatable bonds is 4. The lowest BCUT2D eigenvalue weighted by Gasteiger charge is -2.19. The number of hydrogen-bond acceptors (Lipinski definition) is 2. The Balaban J connectivity index is 1.62. The second-order valence-corrected chi connectivity index (χ2v) is 5.44. The topological polar surface area (TPSA) is 35.2 Å². The number of nitrogen functional groups attached to an aromatic ring is 1. The summed E-state index contributed by atoms with van der Waals surface area (Å²) in [5.74, 6) is 1.08. The van der Waals surface area contributed by atoms with E-state index in [2.05, 4.69) is 30.3 Å². The lowest BCUT2D eigenvalue weighted by atomic mass is 9.91. The maximum atomic E-state index is 6.01. The van der Waals surface area contributed by atoms with Gasteiger partial charge in [-0.3, -0.25) is 0 Å². The largest absolute Gasteiger partial charge is 0.493 e. The highest BCUT2D eigenvalue weighted by Gasteiger charge is 2.13. The van der Waals surface area contributed by atoms with Crippen LogP contribution in [-0.4, -0.2) is 6.61 Å². The fourth-order valence-electron chi connectivity index (χ4n) is 2.84. The molecule has 0 amide bonds. The van der Waals surface area contributed by atoms with Crippen LogP contribution >= 0.6 is 0 Å². The van der Waals surface area contributed by atoms with Crippen LogP contribution in [0.15, 0.2) is 42.5 Å². The van der Waals surface area contributed by atoms with Gasteiger partial charge in [0.25, 0.3) is 0 Å². The lowest BCUT2D eigenvalue weighted by molar-refractivity contribution is 0.317. The second-order valence-electron chi connectivity index (χ2n) is 5.44. The van der Waals surface area contributed by atoms with E-state index in [9.17, 15) is 0 Å². The van der Waals surface area contributed by atoms with Crippen molar-refractivity contribution in [2.75, 3.05) is 12.3 Å². The first-order chi connectivity index (χ1) is 9.83. The van der Waals surface area contributed by atoms with Gasteiger partial charge >= 0.3 is 0 Å². The third-order valence-corrected chi connectivity index (χ3v) is 3.98. The van der Waals surface area contributed by atoms with E-state index in [0.717, 1.165) is 30.9 Å². The maximum absolute atomic E-state index is 6.01. The Bertz CT molecular complexity index is 574. The van der Waals surface area contributed by atoms with Gasteiger partial charge in [0, 0.05) is 12.1 Å². The summed E-state index contributed by atoms with van der Waals surface area (Å²) in [5, 5.41) is 0. The van der Waals surface area contributed by atoms with Gasteiger partial charge in [-0.05, 0) is 60.6 Å². The Morgan fingerprint density at radius 2 is 1.75 bits per heavy atom. The highest BCUT2D eigenvalue weighted by molar-refractivity contribution is 5.42. The van der Waals surface area contributed by atoms with Gasteiger partial charge in [-0.25, -0.2) is 0 Å². The van der Waals surface area contributed by atoms with Crippen LogP contribution in [-0.2, 0) is 19.3 Å². The van der Waals surface area contributed by atoms with Crippen molar-refractivity contribution in [3.8, 4) is 5.75 Å². The smallest absolute Gasteiger partial charge is 0.122 e. The molecule has 2 nitrogen and oxygen atoms in total. The summed E-state index contributed by atoms with van der Waals surface area (Å²) < 4.78 is 6.01. The zero-order valence-corrected chi connectivity index (χ0v) is 11.8. The molecule has 2 heteroatoms. The molecule has 2 N–H and O–H groups in total. The fraction of sp³-hybridized carbons (Fsp3) is 0.333. The van der Waals surface area contributed by atoms with Crippen LogP contribution in [0.3, 0.4) is 0 Å². The Labute approximate surface area is 120 Å². The molecular weight excluding hydrogens is 246 g/mol. The molecule has 1 aliphatic carbocycles. The van der Waals surface area contributed by atoms with Crippen molar-refractivity contribution in [2.45, 2.75) is 32.1 Å². The van der Waals surface area contributed by atoms with E-state index >= 15 is 0 Å². The standard InChI is InChI=1S/C18H21NO/c19-16-10-8-14(9-11-16)12-13-20-18-7-3-5-15-4-1-2-6-17(15)18/h3,5,7-11H,1-2,4,6,12-13,19H2. The number of aryl methyl sites for hydroxylation is 1. The van der Waals surface area contributed by atoms with Crippen molar-refractivity contribution in [3.63, 3.8) is 0 Å². The molecule has 0 radical (unpaired) electrons. The molecule has 0 saturated carbocycles. The molecular formula is C18H21NO. The van der Waals surface area contributed by atoms with Crippen molar-refractivity contribution < 1.29 is 4.74 Å². The Morgan fingerprint density at radius 3 is 2.60 bits per heavy atom. The molecule has 0 saturated heterocycles. The van der Waals surface area contributed by atoms with Crippen molar-refractivity contribution >= 4 is 5.69 Å². The van der Waals surface area contributed by atoms with Crippen molar-refractivity contribution in [1.82, 2.24) is 0 Å². The molecule has 0 bridgehead atoms. The van der Waals surface area contributed by atoms with Crippen LogP contribution in [0.5, 0.6) is 5.75 Å². The van der Waals surface area contributed by atoms with Crippen molar-refractivity contribution in [2.24, 2.45) is 0 Å². The Hall–Kier alpha value is -1.96. The van der Waals surface area contributed by atoms with Crippen molar-refractivity contribution in [1.29, 1.82) is 0 Å². The van der Waals surface area contributed by atoms with Gasteiger partial charge in [-0.15, -0.1) is 0 Å². The minimum absolute atomic E-state index is 0.723. The minimum atomic E-state index is 0.723. The summed E-state index contributed by atoms with van der Waals surface area (Å²) in [5.41, 5.74) is 10.7. The Morgan fingerprint density at radius 1 is 0.950 bits per heavy atom. The molecule has 20 heavy (non-hydrogen) atoms. The van der Waals surface area contributed by atoms with E-state index < -0.39 is 0 Å².